The summed E-state index contributed by atoms with van der Waals surface area (Å²) in [4.78, 5) is 13.4. The van der Waals surface area contributed by atoms with E-state index in [9.17, 15) is 9.18 Å². The summed E-state index contributed by atoms with van der Waals surface area (Å²) < 4.78 is 13.7. The molecule has 0 aliphatic heterocycles. The highest BCUT2D eigenvalue weighted by Crippen LogP contribution is 2.37. The molecule has 1 aromatic carbocycles. The van der Waals surface area contributed by atoms with Crippen molar-refractivity contribution < 1.29 is 4.39 Å². The first-order valence-corrected chi connectivity index (χ1v) is 5.66. The van der Waals surface area contributed by atoms with E-state index in [-0.39, 0.29) is 21.2 Å². The van der Waals surface area contributed by atoms with Gasteiger partial charge < -0.3 is 4.98 Å². The molecule has 6 heteroatoms. The zero-order valence-corrected chi connectivity index (χ0v) is 10.5. The predicted molar refractivity (Wildman–Crippen MR) is 67.5 cm³/mol. The predicted octanol–water partition coefficient (Wildman–Crippen LogP) is 4.14. The first-order chi connectivity index (χ1) is 8.00. The second-order valence-corrected chi connectivity index (χ2v) is 4.53. The maximum atomic E-state index is 13.7. The highest BCUT2D eigenvalue weighted by molar-refractivity contribution is 6.41. The molecule has 17 heavy (non-hydrogen) atoms. The average molecular weight is 293 g/mol. The molecule has 0 spiro atoms. The highest BCUT2D eigenvalue weighted by Gasteiger charge is 2.15. The minimum Gasteiger partial charge on any atom is -0.327 e. The number of H-pyrrole nitrogens is 1. The number of aromatic amines is 1. The van der Waals surface area contributed by atoms with Crippen LogP contribution in [0, 0.1) is 5.82 Å². The largest absolute Gasteiger partial charge is 0.327 e. The van der Waals surface area contributed by atoms with Crippen molar-refractivity contribution in [1.82, 2.24) is 4.98 Å². The van der Waals surface area contributed by atoms with Gasteiger partial charge in [-0.2, -0.15) is 0 Å². The van der Waals surface area contributed by atoms with Crippen molar-refractivity contribution in [2.24, 2.45) is 0 Å². The molecule has 2 nitrogen and oxygen atoms in total. The fourth-order valence-electron chi connectivity index (χ4n) is 1.45. The molecule has 2 aromatic rings. The lowest BCUT2D eigenvalue weighted by molar-refractivity contribution is 0.612. The summed E-state index contributed by atoms with van der Waals surface area (Å²) in [6.45, 7) is 0. The van der Waals surface area contributed by atoms with Crippen LogP contribution < -0.4 is 5.56 Å². The van der Waals surface area contributed by atoms with Crippen LogP contribution >= 0.6 is 34.8 Å². The van der Waals surface area contributed by atoms with Crippen molar-refractivity contribution in [3.8, 4) is 11.1 Å². The third kappa shape index (κ3) is 2.32. The summed E-state index contributed by atoms with van der Waals surface area (Å²) in [7, 11) is 0. The first kappa shape index (κ1) is 12.4. The summed E-state index contributed by atoms with van der Waals surface area (Å²) in [6, 6.07) is 4.26. The quantitative estimate of drug-likeness (QED) is 0.842. The molecule has 0 saturated heterocycles. The van der Waals surface area contributed by atoms with Gasteiger partial charge in [-0.25, -0.2) is 4.39 Å². The van der Waals surface area contributed by atoms with Gasteiger partial charge in [0, 0.05) is 22.3 Å². The second kappa shape index (κ2) is 4.69. The van der Waals surface area contributed by atoms with Crippen molar-refractivity contribution in [3.05, 3.63) is 55.6 Å². The molecule has 0 fully saturated rings. The molecule has 0 atom stereocenters. The lowest BCUT2D eigenvalue weighted by Crippen LogP contribution is -2.10. The van der Waals surface area contributed by atoms with Gasteiger partial charge >= 0.3 is 0 Å². The van der Waals surface area contributed by atoms with Crippen LogP contribution in [0.15, 0.2) is 29.2 Å². The molecule has 0 radical (unpaired) electrons. The fourth-order valence-corrected chi connectivity index (χ4v) is 2.47. The zero-order valence-electron chi connectivity index (χ0n) is 8.23. The van der Waals surface area contributed by atoms with Gasteiger partial charge in [0.25, 0.3) is 5.56 Å². The Bertz CT molecular complexity index is 616. The minimum atomic E-state index is -0.932. The molecule has 0 aliphatic carbocycles. The topological polar surface area (TPSA) is 32.9 Å². The second-order valence-electron chi connectivity index (χ2n) is 3.28. The molecular formula is C11H5Cl3FNO. The van der Waals surface area contributed by atoms with Gasteiger partial charge in [-0.1, -0.05) is 34.8 Å². The third-order valence-electron chi connectivity index (χ3n) is 2.18. The number of aromatic nitrogens is 1. The van der Waals surface area contributed by atoms with Crippen molar-refractivity contribution in [2.75, 3.05) is 0 Å². The number of halogens is 4. The van der Waals surface area contributed by atoms with Gasteiger partial charge in [-0.05, 0) is 18.2 Å². The molecule has 2 rings (SSSR count). The number of pyridine rings is 1. The highest BCUT2D eigenvalue weighted by atomic mass is 35.5. The van der Waals surface area contributed by atoms with Crippen molar-refractivity contribution >= 4 is 34.8 Å². The van der Waals surface area contributed by atoms with Crippen molar-refractivity contribution in [2.45, 2.75) is 0 Å². The van der Waals surface area contributed by atoms with Crippen molar-refractivity contribution in [1.29, 1.82) is 0 Å². The van der Waals surface area contributed by atoms with E-state index in [1.165, 1.54) is 24.4 Å². The third-order valence-corrected chi connectivity index (χ3v) is 2.99. The van der Waals surface area contributed by atoms with Gasteiger partial charge in [0.05, 0.1) is 10.0 Å². The molecule has 0 aliphatic rings. The van der Waals surface area contributed by atoms with Crippen LogP contribution in [0.2, 0.25) is 15.1 Å². The maximum absolute atomic E-state index is 13.7. The Morgan fingerprint density at radius 1 is 1.12 bits per heavy atom. The number of benzene rings is 1. The lowest BCUT2D eigenvalue weighted by atomic mass is 10.1. The average Bonchev–Trinajstić information content (AvgIpc) is 2.23. The van der Waals surface area contributed by atoms with Crippen LogP contribution in [0.5, 0.6) is 0 Å². The Morgan fingerprint density at radius 2 is 1.71 bits per heavy atom. The minimum absolute atomic E-state index is 0.0421. The summed E-state index contributed by atoms with van der Waals surface area (Å²) >= 11 is 17.6. The Hall–Kier alpha value is -1.03. The Balaban J connectivity index is 2.77. The van der Waals surface area contributed by atoms with Gasteiger partial charge in [0.1, 0.15) is 0 Å². The molecular weight excluding hydrogens is 287 g/mol. The smallest absolute Gasteiger partial charge is 0.284 e. The van der Waals surface area contributed by atoms with E-state index in [4.69, 9.17) is 34.8 Å². The molecule has 88 valence electrons. The molecule has 1 aromatic heterocycles. The van der Waals surface area contributed by atoms with E-state index >= 15 is 0 Å². The van der Waals surface area contributed by atoms with E-state index < -0.39 is 11.4 Å². The summed E-state index contributed by atoms with van der Waals surface area (Å²) in [5.41, 5.74) is -0.536. The molecule has 0 bridgehead atoms. The number of nitrogens with one attached hydrogen (secondary N) is 1. The Morgan fingerprint density at radius 3 is 2.29 bits per heavy atom. The van der Waals surface area contributed by atoms with Crippen LogP contribution in [-0.4, -0.2) is 4.98 Å². The van der Waals surface area contributed by atoms with Crippen LogP contribution in [0.1, 0.15) is 0 Å². The van der Waals surface area contributed by atoms with Crippen LogP contribution in [0.3, 0.4) is 0 Å². The van der Waals surface area contributed by atoms with E-state index in [1.807, 2.05) is 0 Å². The summed E-state index contributed by atoms with van der Waals surface area (Å²) in [6.07, 6.45) is 1.32. The first-order valence-electron chi connectivity index (χ1n) is 4.53. The van der Waals surface area contributed by atoms with Crippen LogP contribution in [0.25, 0.3) is 11.1 Å². The standard InChI is InChI=1S/C11H5Cl3FNO/c12-5-3-7(13)9(8(14)4-5)6-1-2-16-11(17)10(6)15/h1-4H,(H,16,17). The van der Waals surface area contributed by atoms with E-state index in [1.54, 1.807) is 0 Å². The SMILES string of the molecule is O=c1[nH]ccc(-c2c(Cl)cc(Cl)cc2Cl)c1F. The Kier molecular flexibility index (Phi) is 3.43. The van der Waals surface area contributed by atoms with E-state index in [0.717, 1.165) is 0 Å². The van der Waals surface area contributed by atoms with Gasteiger partial charge in [-0.3, -0.25) is 4.79 Å². The van der Waals surface area contributed by atoms with E-state index in [0.29, 0.717) is 5.02 Å². The van der Waals surface area contributed by atoms with E-state index in [2.05, 4.69) is 4.98 Å². The van der Waals surface area contributed by atoms with Crippen LogP contribution in [-0.2, 0) is 0 Å². The lowest BCUT2D eigenvalue weighted by Gasteiger charge is -2.08. The summed E-state index contributed by atoms with van der Waals surface area (Å²) in [5, 5.41) is 0.716. The fraction of sp³-hybridized carbons (Fsp3) is 0. The number of hydrogen-bond donors (Lipinski definition) is 1. The number of rotatable bonds is 1. The number of hydrogen-bond acceptors (Lipinski definition) is 1. The monoisotopic (exact) mass is 291 g/mol. The molecule has 0 amide bonds. The molecule has 0 unspecified atom stereocenters. The summed E-state index contributed by atoms with van der Waals surface area (Å²) in [5.74, 6) is -0.932. The molecule has 1 heterocycles. The Labute approximate surface area is 111 Å². The van der Waals surface area contributed by atoms with Crippen molar-refractivity contribution in [3.63, 3.8) is 0 Å². The molecule has 0 saturated carbocycles. The van der Waals surface area contributed by atoms with Gasteiger partial charge in [0.2, 0.25) is 0 Å². The normalized spacial score (nSPS) is 10.6. The van der Waals surface area contributed by atoms with Gasteiger partial charge in [-0.15, -0.1) is 0 Å². The zero-order chi connectivity index (χ0) is 12.6. The van der Waals surface area contributed by atoms with Crippen LogP contribution in [0.4, 0.5) is 4.39 Å². The molecule has 1 N–H and O–H groups in total. The maximum Gasteiger partial charge on any atom is 0.284 e. The van der Waals surface area contributed by atoms with Gasteiger partial charge in [0.15, 0.2) is 5.82 Å².